The second kappa shape index (κ2) is 7.29. The summed E-state index contributed by atoms with van der Waals surface area (Å²) < 4.78 is 5.93. The third kappa shape index (κ3) is 3.57. The van der Waals surface area contributed by atoms with Gasteiger partial charge in [-0.05, 0) is 43.2 Å². The predicted octanol–water partition coefficient (Wildman–Crippen LogP) is 4.96. The number of piperidine rings is 1. The number of halogens is 2. The quantitative estimate of drug-likeness (QED) is 0.633. The first kappa shape index (κ1) is 17.4. The lowest BCUT2D eigenvalue weighted by atomic mass is 10.0. The number of aromatic nitrogens is 1. The molecule has 0 atom stereocenters. The highest BCUT2D eigenvalue weighted by atomic mass is 79.9. The molecule has 0 spiro atoms. The molecule has 1 aliphatic heterocycles. The van der Waals surface area contributed by atoms with Crippen molar-refractivity contribution in [2.24, 2.45) is 0 Å². The lowest BCUT2D eigenvalue weighted by molar-refractivity contribution is 0.0717. The Labute approximate surface area is 164 Å². The number of anilines is 1. The number of nitrogens with zero attached hydrogens (tertiary/aromatic N) is 2. The molecule has 0 radical (unpaired) electrons. The fourth-order valence-corrected chi connectivity index (χ4v) is 4.12. The highest BCUT2D eigenvalue weighted by Gasteiger charge is 2.24. The summed E-state index contributed by atoms with van der Waals surface area (Å²) in [5, 5.41) is 5.09. The molecule has 1 N–H and O–H groups in total. The minimum atomic E-state index is 0.0263. The molecule has 0 bridgehead atoms. The zero-order valence-electron chi connectivity index (χ0n) is 13.9. The molecule has 3 heterocycles. The first-order chi connectivity index (χ1) is 12.6. The summed E-state index contributed by atoms with van der Waals surface area (Å²) in [6.07, 6.45) is 4.76. The van der Waals surface area contributed by atoms with E-state index in [-0.39, 0.29) is 11.9 Å². The summed E-state index contributed by atoms with van der Waals surface area (Å²) in [7, 11) is 0. The average Bonchev–Trinajstić information content (AvgIpc) is 3.17. The minimum absolute atomic E-state index is 0.0263. The largest absolute Gasteiger partial charge is 0.472 e. The number of furan rings is 1. The van der Waals surface area contributed by atoms with E-state index in [2.05, 4.69) is 26.2 Å². The van der Waals surface area contributed by atoms with Crippen molar-refractivity contribution in [3.63, 3.8) is 0 Å². The van der Waals surface area contributed by atoms with Crippen LogP contribution in [0.25, 0.3) is 10.9 Å². The molecule has 1 aromatic carbocycles. The Bertz CT molecular complexity index is 937. The molecular formula is C19H17BrClN3O2. The third-order valence-electron chi connectivity index (χ3n) is 4.61. The summed E-state index contributed by atoms with van der Waals surface area (Å²) in [5.41, 5.74) is 1.39. The number of carbonyl (C=O) groups is 1. The number of fused-ring (bicyclic) bond motifs is 1. The van der Waals surface area contributed by atoms with Gasteiger partial charge in [-0.2, -0.15) is 0 Å². The Morgan fingerprint density at radius 3 is 2.81 bits per heavy atom. The lowest BCUT2D eigenvalue weighted by Crippen LogP contribution is -2.42. The molecule has 26 heavy (non-hydrogen) atoms. The number of pyridine rings is 1. The van der Waals surface area contributed by atoms with Crippen LogP contribution in [0.1, 0.15) is 23.2 Å². The van der Waals surface area contributed by atoms with Crippen molar-refractivity contribution in [3.05, 3.63) is 57.9 Å². The maximum absolute atomic E-state index is 12.4. The lowest BCUT2D eigenvalue weighted by Gasteiger charge is -2.32. The Morgan fingerprint density at radius 2 is 2.08 bits per heavy atom. The van der Waals surface area contributed by atoms with Gasteiger partial charge in [-0.1, -0.05) is 27.5 Å². The summed E-state index contributed by atoms with van der Waals surface area (Å²) >= 11 is 9.75. The van der Waals surface area contributed by atoms with Gasteiger partial charge in [0.15, 0.2) is 0 Å². The van der Waals surface area contributed by atoms with Crippen LogP contribution in [0.15, 0.2) is 51.7 Å². The van der Waals surface area contributed by atoms with Crippen molar-refractivity contribution >= 4 is 50.2 Å². The van der Waals surface area contributed by atoms with E-state index in [4.69, 9.17) is 16.0 Å². The van der Waals surface area contributed by atoms with Crippen molar-refractivity contribution in [2.45, 2.75) is 18.9 Å². The van der Waals surface area contributed by atoms with Gasteiger partial charge in [0.05, 0.1) is 22.4 Å². The van der Waals surface area contributed by atoms with Crippen LogP contribution in [-0.4, -0.2) is 34.9 Å². The molecule has 1 aliphatic rings. The molecule has 0 aliphatic carbocycles. The number of likely N-dealkylation sites (tertiary alicyclic amines) is 1. The van der Waals surface area contributed by atoms with Crippen LogP contribution in [0.3, 0.4) is 0 Å². The van der Waals surface area contributed by atoms with E-state index in [1.807, 2.05) is 29.2 Å². The first-order valence-corrected chi connectivity index (χ1v) is 9.61. The number of hydrogen-bond donors (Lipinski definition) is 1. The van der Waals surface area contributed by atoms with E-state index < -0.39 is 0 Å². The van der Waals surface area contributed by atoms with Crippen LogP contribution in [0.2, 0.25) is 5.02 Å². The first-order valence-electron chi connectivity index (χ1n) is 8.44. The smallest absolute Gasteiger partial charge is 0.257 e. The topological polar surface area (TPSA) is 58.4 Å². The summed E-state index contributed by atoms with van der Waals surface area (Å²) in [6.45, 7) is 1.42. The molecular weight excluding hydrogens is 418 g/mol. The van der Waals surface area contributed by atoms with Crippen molar-refractivity contribution < 1.29 is 9.21 Å². The summed E-state index contributed by atoms with van der Waals surface area (Å²) in [6, 6.07) is 9.81. The second-order valence-corrected chi connectivity index (χ2v) is 7.70. The van der Waals surface area contributed by atoms with Crippen molar-refractivity contribution in [3.8, 4) is 0 Å². The van der Waals surface area contributed by atoms with E-state index >= 15 is 0 Å². The third-order valence-corrected chi connectivity index (χ3v) is 5.36. The molecule has 1 saturated heterocycles. The predicted molar refractivity (Wildman–Crippen MR) is 106 cm³/mol. The number of rotatable bonds is 3. The van der Waals surface area contributed by atoms with Crippen LogP contribution < -0.4 is 5.32 Å². The van der Waals surface area contributed by atoms with Gasteiger partial charge in [-0.15, -0.1) is 0 Å². The van der Waals surface area contributed by atoms with Crippen molar-refractivity contribution in [1.82, 2.24) is 9.88 Å². The second-order valence-electron chi connectivity index (χ2n) is 6.38. The molecule has 5 nitrogen and oxygen atoms in total. The molecule has 1 amide bonds. The Hall–Kier alpha value is -2.05. The highest BCUT2D eigenvalue weighted by Crippen LogP contribution is 2.28. The molecule has 4 rings (SSSR count). The van der Waals surface area contributed by atoms with Crippen LogP contribution in [0.4, 0.5) is 5.82 Å². The summed E-state index contributed by atoms with van der Waals surface area (Å²) in [5.74, 6) is 0.833. The molecule has 2 aromatic heterocycles. The number of benzene rings is 1. The number of nitrogens with one attached hydrogen (secondary N) is 1. The normalized spacial score (nSPS) is 15.4. The van der Waals surface area contributed by atoms with E-state index in [1.165, 1.54) is 12.5 Å². The van der Waals surface area contributed by atoms with Gasteiger partial charge in [-0.3, -0.25) is 4.79 Å². The highest BCUT2D eigenvalue weighted by molar-refractivity contribution is 9.10. The van der Waals surface area contributed by atoms with E-state index in [0.29, 0.717) is 23.7 Å². The minimum Gasteiger partial charge on any atom is -0.472 e. The Kier molecular flexibility index (Phi) is 4.87. The van der Waals surface area contributed by atoms with E-state index in [0.717, 1.165) is 34.0 Å². The van der Waals surface area contributed by atoms with Gasteiger partial charge in [0.1, 0.15) is 12.1 Å². The van der Waals surface area contributed by atoms with Gasteiger partial charge in [-0.25, -0.2) is 4.98 Å². The van der Waals surface area contributed by atoms with Crippen LogP contribution >= 0.6 is 27.5 Å². The number of amides is 1. The fourth-order valence-electron chi connectivity index (χ4n) is 3.24. The summed E-state index contributed by atoms with van der Waals surface area (Å²) in [4.78, 5) is 18.9. The van der Waals surface area contributed by atoms with Crippen LogP contribution in [0, 0.1) is 0 Å². The Morgan fingerprint density at radius 1 is 1.27 bits per heavy atom. The molecule has 3 aromatic rings. The van der Waals surface area contributed by atoms with Crippen LogP contribution in [-0.2, 0) is 0 Å². The van der Waals surface area contributed by atoms with E-state index in [9.17, 15) is 4.79 Å². The zero-order valence-corrected chi connectivity index (χ0v) is 16.3. The maximum atomic E-state index is 12.4. The van der Waals surface area contributed by atoms with Crippen molar-refractivity contribution in [1.29, 1.82) is 0 Å². The molecule has 0 saturated carbocycles. The maximum Gasteiger partial charge on any atom is 0.257 e. The van der Waals surface area contributed by atoms with Gasteiger partial charge < -0.3 is 14.6 Å². The Balaban J connectivity index is 1.41. The SMILES string of the molecule is O=C(c1ccoc1)N1CCC(Nc2ccc3cc(Br)cc(Cl)c3n2)CC1. The molecule has 7 heteroatoms. The fraction of sp³-hybridized carbons (Fsp3) is 0.263. The van der Waals surface area contributed by atoms with Crippen LogP contribution in [0.5, 0.6) is 0 Å². The average molecular weight is 435 g/mol. The van der Waals surface area contributed by atoms with Gasteiger partial charge >= 0.3 is 0 Å². The standard InChI is InChI=1S/C19H17BrClN3O2/c20-14-9-12-1-2-17(23-18(12)16(21)10-14)22-15-3-6-24(7-4-15)19(25)13-5-8-26-11-13/h1-2,5,8-11,15H,3-4,6-7H2,(H,22,23). The van der Waals surface area contributed by atoms with E-state index in [1.54, 1.807) is 6.07 Å². The number of hydrogen-bond acceptors (Lipinski definition) is 4. The van der Waals surface area contributed by atoms with Gasteiger partial charge in [0.25, 0.3) is 5.91 Å². The molecule has 134 valence electrons. The zero-order chi connectivity index (χ0) is 18.1. The number of carbonyl (C=O) groups excluding carboxylic acids is 1. The van der Waals surface area contributed by atoms with Gasteiger partial charge in [0.2, 0.25) is 0 Å². The molecule has 0 unspecified atom stereocenters. The molecule has 1 fully saturated rings. The van der Waals surface area contributed by atoms with Crippen molar-refractivity contribution in [2.75, 3.05) is 18.4 Å². The van der Waals surface area contributed by atoms with Gasteiger partial charge in [0, 0.05) is 29.0 Å². The monoisotopic (exact) mass is 433 g/mol.